The second kappa shape index (κ2) is 10.8. The summed E-state index contributed by atoms with van der Waals surface area (Å²) in [6.07, 6.45) is 0.512. The molecule has 1 unspecified atom stereocenters. The molecule has 2 heterocycles. The maximum atomic E-state index is 13.5. The summed E-state index contributed by atoms with van der Waals surface area (Å²) < 4.78 is 37.4. The van der Waals surface area contributed by atoms with Gasteiger partial charge in [-0.25, -0.2) is 9.37 Å². The molecule has 0 saturated heterocycles. The normalized spacial score (nSPS) is 12.8. The molecule has 0 spiro atoms. The lowest BCUT2D eigenvalue weighted by atomic mass is 10.0. The van der Waals surface area contributed by atoms with E-state index in [0.29, 0.717) is 17.7 Å². The Kier molecular flexibility index (Phi) is 7.61. The van der Waals surface area contributed by atoms with Gasteiger partial charge >= 0.3 is 0 Å². The zero-order valence-corrected chi connectivity index (χ0v) is 19.6. The van der Waals surface area contributed by atoms with E-state index in [4.69, 9.17) is 4.98 Å². The molecule has 4 rings (SSSR count). The first kappa shape index (κ1) is 23.2. The Morgan fingerprint density at radius 3 is 2.61 bits per heavy atom. The van der Waals surface area contributed by atoms with Gasteiger partial charge in [0.1, 0.15) is 10.8 Å². The summed E-state index contributed by atoms with van der Waals surface area (Å²) in [6.45, 7) is 0. The van der Waals surface area contributed by atoms with Gasteiger partial charge in [0.25, 0.3) is 0 Å². The van der Waals surface area contributed by atoms with Gasteiger partial charge in [-0.15, -0.1) is 22.7 Å². The number of halogens is 1. The number of benzene rings is 2. The summed E-state index contributed by atoms with van der Waals surface area (Å²) in [5.41, 5.74) is 2.68. The molecule has 170 valence electrons. The van der Waals surface area contributed by atoms with Gasteiger partial charge < -0.3 is 14.6 Å². The van der Waals surface area contributed by atoms with E-state index in [9.17, 15) is 17.9 Å². The molecule has 6 nitrogen and oxygen atoms in total. The summed E-state index contributed by atoms with van der Waals surface area (Å²) >= 11 is 0.708. The van der Waals surface area contributed by atoms with Gasteiger partial charge in [0.05, 0.1) is 23.0 Å². The van der Waals surface area contributed by atoms with Gasteiger partial charge in [0.15, 0.2) is 0 Å². The molecule has 2 N–H and O–H groups in total. The first-order chi connectivity index (χ1) is 16.0. The minimum absolute atomic E-state index is 0.0500. The highest BCUT2D eigenvalue weighted by atomic mass is 32.2. The van der Waals surface area contributed by atoms with Crippen molar-refractivity contribution in [2.75, 3.05) is 4.72 Å². The maximum absolute atomic E-state index is 13.5. The molecular weight excluding hydrogens is 481 g/mol. The lowest BCUT2D eigenvalue weighted by Gasteiger charge is -2.18. The number of rotatable bonds is 9. The van der Waals surface area contributed by atoms with Gasteiger partial charge in [-0.2, -0.15) is 0 Å². The van der Waals surface area contributed by atoms with Crippen LogP contribution in [0.15, 0.2) is 71.4 Å². The lowest BCUT2D eigenvalue weighted by molar-refractivity contribution is -0.121. The van der Waals surface area contributed by atoms with Crippen LogP contribution < -0.4 is 10.0 Å². The van der Waals surface area contributed by atoms with Crippen molar-refractivity contribution >= 4 is 45.5 Å². The van der Waals surface area contributed by atoms with E-state index in [2.05, 4.69) is 10.0 Å². The molecule has 2 aromatic carbocycles. The third kappa shape index (κ3) is 6.55. The Morgan fingerprint density at radius 2 is 1.91 bits per heavy atom. The van der Waals surface area contributed by atoms with Crippen LogP contribution in [0.4, 0.5) is 10.1 Å². The van der Waals surface area contributed by atoms with Gasteiger partial charge in [0, 0.05) is 22.3 Å². The molecule has 0 aliphatic heterocycles. The molecule has 0 radical (unpaired) electrons. The number of anilines is 1. The van der Waals surface area contributed by atoms with Crippen LogP contribution in [0.25, 0.3) is 9.88 Å². The molecule has 1 amide bonds. The Morgan fingerprint density at radius 1 is 1.09 bits per heavy atom. The molecule has 0 fully saturated rings. The number of aromatic nitrogens is 1. The number of amides is 1. The van der Waals surface area contributed by atoms with E-state index >= 15 is 0 Å². The summed E-state index contributed by atoms with van der Waals surface area (Å²) in [5, 5.41) is 7.82. The number of thiazole rings is 1. The molecule has 2 aromatic heterocycles. The van der Waals surface area contributed by atoms with E-state index < -0.39 is 17.3 Å². The first-order valence-corrected chi connectivity index (χ1v) is 12.8. The predicted octanol–water partition coefficient (Wildman–Crippen LogP) is 4.86. The molecule has 0 aliphatic carbocycles. The molecule has 2 atom stereocenters. The lowest BCUT2D eigenvalue weighted by Crippen LogP contribution is -2.31. The standard InChI is InChI=1S/C23H20FN3O3S3/c24-17-4-1-3-16(11-17)13-22(28)25-19(12-15-6-8-18(9-7-15)27-33(29)30)20-14-32-23(26-20)21-5-2-10-31-21/h1-11,14,19,27H,12-13H2,(H,25,28)(H,29,30)/p-1/t19-/m0/s1. The van der Waals surface area contributed by atoms with Crippen molar-refractivity contribution in [2.45, 2.75) is 18.9 Å². The number of thiophene rings is 1. The second-order valence-corrected chi connectivity index (χ2v) is 9.70. The van der Waals surface area contributed by atoms with Crippen LogP contribution in [0.2, 0.25) is 0 Å². The van der Waals surface area contributed by atoms with Crippen LogP contribution >= 0.6 is 22.7 Å². The topological polar surface area (TPSA) is 94.2 Å². The monoisotopic (exact) mass is 500 g/mol. The Labute approximate surface area is 201 Å². The van der Waals surface area contributed by atoms with Crippen LogP contribution in [-0.4, -0.2) is 19.7 Å². The Hall–Kier alpha value is -2.92. The fourth-order valence-corrected chi connectivity index (χ4v) is 5.32. The Balaban J connectivity index is 1.53. The van der Waals surface area contributed by atoms with Crippen molar-refractivity contribution in [2.24, 2.45) is 0 Å². The largest absolute Gasteiger partial charge is 0.755 e. The summed E-state index contributed by atoms with van der Waals surface area (Å²) in [5.74, 6) is -0.624. The van der Waals surface area contributed by atoms with Crippen molar-refractivity contribution in [3.05, 3.63) is 94.1 Å². The Bertz CT molecular complexity index is 1240. The number of nitrogens with one attached hydrogen (secondary N) is 2. The number of hydrogen-bond donors (Lipinski definition) is 2. The minimum Gasteiger partial charge on any atom is -0.755 e. The smallest absolute Gasteiger partial charge is 0.224 e. The van der Waals surface area contributed by atoms with E-state index in [0.717, 1.165) is 21.1 Å². The van der Waals surface area contributed by atoms with Gasteiger partial charge in [0.2, 0.25) is 5.91 Å². The highest BCUT2D eigenvalue weighted by Crippen LogP contribution is 2.31. The zero-order chi connectivity index (χ0) is 23.2. The van der Waals surface area contributed by atoms with E-state index in [-0.39, 0.29) is 18.1 Å². The van der Waals surface area contributed by atoms with Crippen molar-refractivity contribution in [1.82, 2.24) is 10.3 Å². The highest BCUT2D eigenvalue weighted by molar-refractivity contribution is 7.80. The average molecular weight is 501 g/mol. The van der Waals surface area contributed by atoms with Crippen molar-refractivity contribution in [3.63, 3.8) is 0 Å². The average Bonchev–Trinajstić information content (AvgIpc) is 3.46. The molecular formula is C23H19FN3O3S3-. The van der Waals surface area contributed by atoms with Gasteiger partial charge in [-0.1, -0.05) is 30.3 Å². The minimum atomic E-state index is -2.40. The fourth-order valence-electron chi connectivity index (χ4n) is 3.31. The van der Waals surface area contributed by atoms with Crippen LogP contribution in [0.3, 0.4) is 0 Å². The zero-order valence-electron chi connectivity index (χ0n) is 17.2. The van der Waals surface area contributed by atoms with E-state index in [1.54, 1.807) is 47.7 Å². The molecule has 0 aliphatic rings. The molecule has 33 heavy (non-hydrogen) atoms. The third-order valence-corrected chi connectivity index (χ3v) is 7.10. The summed E-state index contributed by atoms with van der Waals surface area (Å²) in [6, 6.07) is 16.5. The number of hydrogen-bond acceptors (Lipinski definition) is 6. The predicted molar refractivity (Wildman–Crippen MR) is 129 cm³/mol. The quantitative estimate of drug-likeness (QED) is 0.321. The highest BCUT2D eigenvalue weighted by Gasteiger charge is 2.20. The molecule has 0 saturated carbocycles. The van der Waals surface area contributed by atoms with Crippen molar-refractivity contribution < 1.29 is 17.9 Å². The third-order valence-electron chi connectivity index (χ3n) is 4.79. The number of carbonyl (C=O) groups is 1. The SMILES string of the molecule is O=C(Cc1cccc(F)c1)N[C@@H](Cc1ccc(NS(=O)[O-])cc1)c1csc(-c2cccs2)n1. The number of carbonyl (C=O) groups excluding carboxylic acids is 1. The van der Waals surface area contributed by atoms with E-state index in [1.165, 1.54) is 23.5 Å². The van der Waals surface area contributed by atoms with E-state index in [1.807, 2.05) is 22.9 Å². The molecule has 0 bridgehead atoms. The fraction of sp³-hybridized carbons (Fsp3) is 0.130. The van der Waals surface area contributed by atoms with Crippen LogP contribution in [0, 0.1) is 5.82 Å². The maximum Gasteiger partial charge on any atom is 0.224 e. The van der Waals surface area contributed by atoms with Gasteiger partial charge in [-0.3, -0.25) is 9.00 Å². The molecule has 10 heteroatoms. The van der Waals surface area contributed by atoms with Crippen molar-refractivity contribution in [3.8, 4) is 9.88 Å². The summed E-state index contributed by atoms with van der Waals surface area (Å²) in [7, 11) is 0. The van der Waals surface area contributed by atoms with Crippen molar-refractivity contribution in [1.29, 1.82) is 0 Å². The van der Waals surface area contributed by atoms with Gasteiger partial charge in [-0.05, 0) is 53.3 Å². The van der Waals surface area contributed by atoms with Crippen LogP contribution in [0.5, 0.6) is 0 Å². The van der Waals surface area contributed by atoms with Crippen LogP contribution in [-0.2, 0) is 28.9 Å². The second-order valence-electron chi connectivity index (χ2n) is 7.22. The summed E-state index contributed by atoms with van der Waals surface area (Å²) in [4.78, 5) is 18.6. The number of nitrogens with zero attached hydrogens (tertiary/aromatic N) is 1. The molecule has 4 aromatic rings. The first-order valence-electron chi connectivity index (χ1n) is 9.94. The van der Waals surface area contributed by atoms with Crippen LogP contribution in [0.1, 0.15) is 22.9 Å².